The molecule has 6 heteroatoms. The van der Waals surface area contributed by atoms with E-state index >= 15 is 0 Å². The minimum absolute atomic E-state index is 0.152. The zero-order valence-electron chi connectivity index (χ0n) is 11.2. The van der Waals surface area contributed by atoms with Crippen molar-refractivity contribution < 1.29 is 14.4 Å². The number of nitrogens with zero attached hydrogens (tertiary/aromatic N) is 2. The lowest BCUT2D eigenvalue weighted by molar-refractivity contribution is 0.0564. The first-order valence-electron chi connectivity index (χ1n) is 6.73. The van der Waals surface area contributed by atoms with Crippen LogP contribution in [0.15, 0.2) is 16.9 Å². The van der Waals surface area contributed by atoms with Crippen molar-refractivity contribution in [1.29, 1.82) is 0 Å². The average molecular weight is 267 g/mol. The molecular formula is C13H21N3O3. The largest absolute Gasteiger partial charge is 0.393 e. The molecule has 0 radical (unpaired) electrons. The van der Waals surface area contributed by atoms with Gasteiger partial charge in [-0.15, -0.1) is 0 Å². The number of carbonyl (C=O) groups excluding carboxylic acids is 1. The van der Waals surface area contributed by atoms with Gasteiger partial charge in [-0.2, -0.15) is 0 Å². The van der Waals surface area contributed by atoms with Gasteiger partial charge in [0.25, 0.3) is 0 Å². The highest BCUT2D eigenvalue weighted by molar-refractivity contribution is 5.73. The summed E-state index contributed by atoms with van der Waals surface area (Å²) in [4.78, 5) is 13.5. The van der Waals surface area contributed by atoms with Crippen LogP contribution in [0, 0.1) is 5.92 Å². The summed E-state index contributed by atoms with van der Waals surface area (Å²) < 4.78 is 4.69. The second-order valence-electron chi connectivity index (χ2n) is 5.14. The highest BCUT2D eigenvalue weighted by Gasteiger charge is 2.25. The first-order valence-corrected chi connectivity index (χ1v) is 6.73. The van der Waals surface area contributed by atoms with Crippen molar-refractivity contribution in [2.45, 2.75) is 38.3 Å². The standard InChI is InChI=1S/C13H21N3O3/c1-16(9-10-4-2-3-5-12(10)17)13(18)14-8-11-6-7-19-15-11/h6-7,10,12,17H,2-5,8-9H2,1H3,(H,14,18)/t10-,12+/m0/s1. The van der Waals surface area contributed by atoms with Gasteiger partial charge in [0.05, 0.1) is 12.6 Å². The van der Waals surface area contributed by atoms with E-state index in [4.69, 9.17) is 4.52 Å². The molecule has 0 unspecified atom stereocenters. The Bertz CT molecular complexity index is 394. The Labute approximate surface area is 112 Å². The normalized spacial score (nSPS) is 23.1. The van der Waals surface area contributed by atoms with Crippen LogP contribution < -0.4 is 5.32 Å². The lowest BCUT2D eigenvalue weighted by atomic mass is 9.86. The van der Waals surface area contributed by atoms with Gasteiger partial charge in [0.1, 0.15) is 12.0 Å². The maximum Gasteiger partial charge on any atom is 0.317 e. The number of hydrogen-bond acceptors (Lipinski definition) is 4. The molecule has 0 saturated heterocycles. The van der Waals surface area contributed by atoms with Crippen LogP contribution in [-0.4, -0.2) is 40.9 Å². The summed E-state index contributed by atoms with van der Waals surface area (Å²) in [5, 5.41) is 16.4. The van der Waals surface area contributed by atoms with E-state index in [1.165, 1.54) is 6.26 Å². The van der Waals surface area contributed by atoms with Crippen LogP contribution in [-0.2, 0) is 6.54 Å². The van der Waals surface area contributed by atoms with Crippen molar-refractivity contribution >= 4 is 6.03 Å². The van der Waals surface area contributed by atoms with E-state index < -0.39 is 0 Å². The molecule has 1 aliphatic rings. The Morgan fingerprint density at radius 3 is 3.05 bits per heavy atom. The number of nitrogens with one attached hydrogen (secondary N) is 1. The van der Waals surface area contributed by atoms with Crippen LogP contribution in [0.4, 0.5) is 4.79 Å². The van der Waals surface area contributed by atoms with Crippen LogP contribution in [0.1, 0.15) is 31.4 Å². The summed E-state index contributed by atoms with van der Waals surface area (Å²) >= 11 is 0. The Hall–Kier alpha value is -1.56. The van der Waals surface area contributed by atoms with Crippen LogP contribution in [0.3, 0.4) is 0 Å². The van der Waals surface area contributed by atoms with Gasteiger partial charge in [-0.1, -0.05) is 18.0 Å². The van der Waals surface area contributed by atoms with Crippen molar-refractivity contribution in [3.05, 3.63) is 18.0 Å². The lowest BCUT2D eigenvalue weighted by Crippen LogP contribution is -2.42. The maximum absolute atomic E-state index is 11.9. The summed E-state index contributed by atoms with van der Waals surface area (Å²) in [6, 6.07) is 1.56. The number of hydrogen-bond donors (Lipinski definition) is 2. The number of aliphatic hydroxyl groups excluding tert-OH is 1. The number of carbonyl (C=O) groups is 1. The molecule has 1 fully saturated rings. The Balaban J connectivity index is 1.75. The minimum Gasteiger partial charge on any atom is -0.393 e. The maximum atomic E-state index is 11.9. The van der Waals surface area contributed by atoms with Crippen molar-refractivity contribution in [3.8, 4) is 0 Å². The number of aliphatic hydroxyl groups is 1. The number of urea groups is 1. The molecule has 19 heavy (non-hydrogen) atoms. The summed E-state index contributed by atoms with van der Waals surface area (Å²) in [7, 11) is 1.75. The fourth-order valence-corrected chi connectivity index (χ4v) is 2.47. The molecule has 1 aromatic heterocycles. The van der Waals surface area contributed by atoms with Gasteiger partial charge < -0.3 is 19.8 Å². The average Bonchev–Trinajstić information content (AvgIpc) is 2.91. The Morgan fingerprint density at radius 1 is 1.58 bits per heavy atom. The number of aromatic nitrogens is 1. The molecule has 2 rings (SSSR count). The monoisotopic (exact) mass is 267 g/mol. The van der Waals surface area contributed by atoms with Gasteiger partial charge in [-0.05, 0) is 12.8 Å². The molecule has 1 aromatic rings. The van der Waals surface area contributed by atoms with Crippen LogP contribution in [0.2, 0.25) is 0 Å². The van der Waals surface area contributed by atoms with E-state index in [1.807, 2.05) is 0 Å². The molecule has 106 valence electrons. The number of rotatable bonds is 4. The van der Waals surface area contributed by atoms with Crippen molar-refractivity contribution in [3.63, 3.8) is 0 Å². The van der Waals surface area contributed by atoms with Gasteiger partial charge in [-0.3, -0.25) is 0 Å². The molecule has 2 amide bonds. The zero-order valence-corrected chi connectivity index (χ0v) is 11.2. The fraction of sp³-hybridized carbons (Fsp3) is 0.692. The van der Waals surface area contributed by atoms with E-state index in [-0.39, 0.29) is 18.1 Å². The van der Waals surface area contributed by atoms with E-state index in [9.17, 15) is 9.90 Å². The molecule has 6 nitrogen and oxygen atoms in total. The summed E-state index contributed by atoms with van der Waals surface area (Å²) in [6.07, 6.45) is 5.25. The molecule has 0 spiro atoms. The predicted octanol–water partition coefficient (Wildman–Crippen LogP) is 1.37. The van der Waals surface area contributed by atoms with E-state index in [0.29, 0.717) is 18.8 Å². The number of amides is 2. The zero-order chi connectivity index (χ0) is 13.7. The van der Waals surface area contributed by atoms with Crippen LogP contribution >= 0.6 is 0 Å². The van der Waals surface area contributed by atoms with E-state index in [1.54, 1.807) is 18.0 Å². The SMILES string of the molecule is CN(C[C@@H]1CCCC[C@H]1O)C(=O)NCc1ccon1. The quantitative estimate of drug-likeness (QED) is 0.863. The van der Waals surface area contributed by atoms with Gasteiger partial charge in [-0.25, -0.2) is 4.79 Å². The molecule has 1 heterocycles. The van der Waals surface area contributed by atoms with Crippen molar-refractivity contribution in [2.75, 3.05) is 13.6 Å². The van der Waals surface area contributed by atoms with Crippen molar-refractivity contribution in [1.82, 2.24) is 15.4 Å². The van der Waals surface area contributed by atoms with Crippen LogP contribution in [0.5, 0.6) is 0 Å². The molecule has 1 saturated carbocycles. The third kappa shape index (κ3) is 3.96. The van der Waals surface area contributed by atoms with E-state index in [2.05, 4.69) is 10.5 Å². The third-order valence-corrected chi connectivity index (χ3v) is 3.64. The Morgan fingerprint density at radius 2 is 2.37 bits per heavy atom. The second kappa shape index (κ2) is 6.56. The molecular weight excluding hydrogens is 246 g/mol. The van der Waals surface area contributed by atoms with E-state index in [0.717, 1.165) is 25.7 Å². The second-order valence-corrected chi connectivity index (χ2v) is 5.14. The summed E-state index contributed by atoms with van der Waals surface area (Å²) in [6.45, 7) is 0.943. The molecule has 0 aliphatic heterocycles. The lowest BCUT2D eigenvalue weighted by Gasteiger charge is -2.31. The summed E-state index contributed by atoms with van der Waals surface area (Å²) in [5.74, 6) is 0.191. The van der Waals surface area contributed by atoms with Gasteiger partial charge >= 0.3 is 6.03 Å². The van der Waals surface area contributed by atoms with Crippen LogP contribution in [0.25, 0.3) is 0 Å². The topological polar surface area (TPSA) is 78.6 Å². The highest BCUT2D eigenvalue weighted by atomic mass is 16.5. The first-order chi connectivity index (χ1) is 9.16. The molecule has 0 aromatic carbocycles. The predicted molar refractivity (Wildman–Crippen MR) is 69.3 cm³/mol. The third-order valence-electron chi connectivity index (χ3n) is 3.64. The fourth-order valence-electron chi connectivity index (χ4n) is 2.47. The summed E-state index contributed by atoms with van der Waals surface area (Å²) in [5.41, 5.74) is 0.694. The van der Waals surface area contributed by atoms with Crippen molar-refractivity contribution in [2.24, 2.45) is 5.92 Å². The molecule has 1 aliphatic carbocycles. The molecule has 2 atom stereocenters. The minimum atomic E-state index is -0.278. The van der Waals surface area contributed by atoms with Gasteiger partial charge in [0, 0.05) is 25.6 Å². The first kappa shape index (κ1) is 13.9. The van der Waals surface area contributed by atoms with Gasteiger partial charge in [0.15, 0.2) is 0 Å². The highest BCUT2D eigenvalue weighted by Crippen LogP contribution is 2.24. The molecule has 2 N–H and O–H groups in total. The smallest absolute Gasteiger partial charge is 0.317 e. The van der Waals surface area contributed by atoms with Gasteiger partial charge in [0.2, 0.25) is 0 Å². The Kier molecular flexibility index (Phi) is 4.79. The molecule has 0 bridgehead atoms.